The van der Waals surface area contributed by atoms with Gasteiger partial charge in [-0.2, -0.15) is 0 Å². The summed E-state index contributed by atoms with van der Waals surface area (Å²) >= 11 is 6.37. The lowest BCUT2D eigenvalue weighted by atomic mass is 10.2. The smallest absolute Gasteiger partial charge is 0.266 e. The number of anilines is 1. The maximum atomic E-state index is 12.3. The Morgan fingerprint density at radius 2 is 2.05 bits per heavy atom. The van der Waals surface area contributed by atoms with E-state index in [0.717, 1.165) is 5.56 Å². The predicted molar refractivity (Wildman–Crippen MR) is 82.0 cm³/mol. The topological polar surface area (TPSA) is 79.5 Å². The van der Waals surface area contributed by atoms with Crippen LogP contribution in [0.25, 0.3) is 0 Å². The minimum absolute atomic E-state index is 0.0535. The Labute approximate surface area is 133 Å². The summed E-state index contributed by atoms with van der Waals surface area (Å²) in [5.74, 6) is 0.167. The molecule has 2 rings (SSSR count). The molecule has 0 bridgehead atoms. The summed E-state index contributed by atoms with van der Waals surface area (Å²) in [6.07, 6.45) is 0. The Morgan fingerprint density at radius 1 is 1.35 bits per heavy atom. The van der Waals surface area contributed by atoms with Gasteiger partial charge in [0.2, 0.25) is 0 Å². The lowest BCUT2D eigenvalue weighted by Crippen LogP contribution is -2.13. The van der Waals surface area contributed by atoms with Crippen LogP contribution in [0, 0.1) is 6.92 Å². The summed E-state index contributed by atoms with van der Waals surface area (Å²) < 4.78 is 32.9. The first-order chi connectivity index (χ1) is 9.35. The van der Waals surface area contributed by atoms with Crippen LogP contribution in [0.5, 0.6) is 0 Å². The molecule has 0 aliphatic rings. The summed E-state index contributed by atoms with van der Waals surface area (Å²) in [5.41, 5.74) is 1.34. The van der Waals surface area contributed by atoms with Gasteiger partial charge in [0.25, 0.3) is 10.0 Å². The van der Waals surface area contributed by atoms with Crippen LogP contribution in [-0.2, 0) is 16.6 Å². The van der Waals surface area contributed by atoms with Gasteiger partial charge in [-0.25, -0.2) is 8.42 Å². The molecule has 0 saturated heterocycles. The Kier molecular flexibility index (Phi) is 4.58. The van der Waals surface area contributed by atoms with Crippen molar-refractivity contribution in [2.75, 3.05) is 4.72 Å². The third-order valence-corrected chi connectivity index (χ3v) is 5.86. The van der Waals surface area contributed by atoms with Crippen molar-refractivity contribution in [1.82, 2.24) is 0 Å². The van der Waals surface area contributed by atoms with Crippen LogP contribution >= 0.6 is 31.9 Å². The highest BCUT2D eigenvalue weighted by Crippen LogP contribution is 2.31. The van der Waals surface area contributed by atoms with E-state index in [0.29, 0.717) is 10.2 Å². The summed E-state index contributed by atoms with van der Waals surface area (Å²) in [5, 5.41) is 8.97. The van der Waals surface area contributed by atoms with E-state index in [9.17, 15) is 8.42 Å². The monoisotopic (exact) mass is 423 g/mol. The normalized spacial score (nSPS) is 11.6. The van der Waals surface area contributed by atoms with Crippen LogP contribution in [0.1, 0.15) is 11.3 Å². The Balaban J connectivity index is 2.40. The van der Waals surface area contributed by atoms with E-state index in [1.165, 1.54) is 6.07 Å². The molecule has 1 heterocycles. The number of aliphatic hydroxyl groups excluding tert-OH is 1. The molecule has 0 unspecified atom stereocenters. The zero-order valence-electron chi connectivity index (χ0n) is 10.4. The second-order valence-corrected chi connectivity index (χ2v) is 7.21. The third kappa shape index (κ3) is 3.08. The Hall–Kier alpha value is -0.830. The average molecular weight is 425 g/mol. The minimum atomic E-state index is -3.80. The van der Waals surface area contributed by atoms with Crippen molar-refractivity contribution in [3.63, 3.8) is 0 Å². The molecule has 2 N–H and O–H groups in total. The van der Waals surface area contributed by atoms with Gasteiger partial charge in [0.05, 0.1) is 5.69 Å². The number of rotatable bonds is 4. The van der Waals surface area contributed by atoms with Crippen LogP contribution in [0.3, 0.4) is 0 Å². The van der Waals surface area contributed by atoms with Crippen LogP contribution in [-0.4, -0.2) is 13.5 Å². The summed E-state index contributed by atoms with van der Waals surface area (Å²) in [6, 6.07) is 6.53. The van der Waals surface area contributed by atoms with Gasteiger partial charge < -0.3 is 9.52 Å². The molecular weight excluding hydrogens is 414 g/mol. The number of halogens is 2. The third-order valence-electron chi connectivity index (χ3n) is 2.59. The van der Waals surface area contributed by atoms with E-state index < -0.39 is 10.0 Å². The van der Waals surface area contributed by atoms with Crippen molar-refractivity contribution in [3.8, 4) is 0 Å². The van der Waals surface area contributed by atoms with Gasteiger partial charge in [-0.05, 0) is 50.4 Å². The molecule has 0 atom stereocenters. The molecule has 20 heavy (non-hydrogen) atoms. The largest absolute Gasteiger partial charge is 0.450 e. The lowest BCUT2D eigenvalue weighted by molar-refractivity contribution is 0.245. The first kappa shape index (κ1) is 15.6. The van der Waals surface area contributed by atoms with Gasteiger partial charge in [-0.15, -0.1) is 0 Å². The molecule has 1 aromatic carbocycles. The molecule has 0 aliphatic carbocycles. The van der Waals surface area contributed by atoms with E-state index in [4.69, 9.17) is 9.52 Å². The van der Waals surface area contributed by atoms with E-state index in [1.807, 2.05) is 13.0 Å². The predicted octanol–water partition coefficient (Wildman–Crippen LogP) is 3.41. The van der Waals surface area contributed by atoms with E-state index in [2.05, 4.69) is 36.6 Å². The Morgan fingerprint density at radius 3 is 2.65 bits per heavy atom. The van der Waals surface area contributed by atoms with E-state index in [1.54, 1.807) is 12.1 Å². The van der Waals surface area contributed by atoms with Crippen molar-refractivity contribution in [2.24, 2.45) is 0 Å². The number of sulfonamides is 1. The molecule has 0 amide bonds. The number of nitrogens with one attached hydrogen (secondary N) is 1. The maximum absolute atomic E-state index is 12.3. The van der Waals surface area contributed by atoms with Crippen molar-refractivity contribution >= 4 is 47.6 Å². The number of hydrogen-bond acceptors (Lipinski definition) is 4. The number of aryl methyl sites for hydroxylation is 1. The van der Waals surface area contributed by atoms with Crippen LogP contribution in [0.2, 0.25) is 0 Å². The van der Waals surface area contributed by atoms with Crippen molar-refractivity contribution < 1.29 is 17.9 Å². The standard InChI is InChI=1S/C12H11Br2NO4S/c1-7-3-2-4-9(11(7)13)15-20(17,18)10-5-8(6-16)19-12(10)14/h2-5,15-16H,6H2,1H3. The molecule has 0 aliphatic heterocycles. The first-order valence-corrected chi connectivity index (χ1v) is 8.59. The zero-order chi connectivity index (χ0) is 14.9. The van der Waals surface area contributed by atoms with Gasteiger partial charge in [0.1, 0.15) is 17.3 Å². The Bertz CT molecular complexity index is 740. The second kappa shape index (κ2) is 5.88. The van der Waals surface area contributed by atoms with E-state index >= 15 is 0 Å². The van der Waals surface area contributed by atoms with Crippen molar-refractivity contribution in [2.45, 2.75) is 18.4 Å². The first-order valence-electron chi connectivity index (χ1n) is 5.52. The fourth-order valence-corrected chi connectivity index (χ4v) is 4.15. The highest BCUT2D eigenvalue weighted by Gasteiger charge is 2.23. The maximum Gasteiger partial charge on any atom is 0.266 e. The van der Waals surface area contributed by atoms with Gasteiger partial charge in [-0.3, -0.25) is 4.72 Å². The molecule has 5 nitrogen and oxygen atoms in total. The van der Waals surface area contributed by atoms with Crippen molar-refractivity contribution in [1.29, 1.82) is 0 Å². The second-order valence-electron chi connectivity index (χ2n) is 4.05. The molecule has 2 aromatic rings. The summed E-state index contributed by atoms with van der Waals surface area (Å²) in [7, 11) is -3.80. The molecule has 0 saturated carbocycles. The lowest BCUT2D eigenvalue weighted by Gasteiger charge is -2.10. The SMILES string of the molecule is Cc1cccc(NS(=O)(=O)c2cc(CO)oc2Br)c1Br. The fraction of sp³-hybridized carbons (Fsp3) is 0.167. The van der Waals surface area contributed by atoms with Crippen LogP contribution in [0.15, 0.2) is 42.7 Å². The molecular formula is C12H11Br2NO4S. The average Bonchev–Trinajstić information content (AvgIpc) is 2.77. The summed E-state index contributed by atoms with van der Waals surface area (Å²) in [4.78, 5) is -0.0602. The van der Waals surface area contributed by atoms with Gasteiger partial charge in [0.15, 0.2) is 4.67 Å². The fourth-order valence-electron chi connectivity index (χ4n) is 1.58. The number of furan rings is 1. The van der Waals surface area contributed by atoms with Crippen molar-refractivity contribution in [3.05, 3.63) is 44.7 Å². The van der Waals surface area contributed by atoms with Gasteiger partial charge in [0, 0.05) is 10.5 Å². The van der Waals surface area contributed by atoms with Gasteiger partial charge >= 0.3 is 0 Å². The quantitative estimate of drug-likeness (QED) is 0.788. The number of aliphatic hydroxyl groups is 1. The molecule has 8 heteroatoms. The van der Waals surface area contributed by atoms with E-state index in [-0.39, 0.29) is 21.9 Å². The van der Waals surface area contributed by atoms with Gasteiger partial charge in [-0.1, -0.05) is 12.1 Å². The minimum Gasteiger partial charge on any atom is -0.450 e. The molecule has 108 valence electrons. The zero-order valence-corrected chi connectivity index (χ0v) is 14.3. The highest BCUT2D eigenvalue weighted by molar-refractivity contribution is 9.10. The number of benzene rings is 1. The summed E-state index contributed by atoms with van der Waals surface area (Å²) in [6.45, 7) is 1.49. The molecule has 0 radical (unpaired) electrons. The molecule has 1 aromatic heterocycles. The molecule has 0 spiro atoms. The highest BCUT2D eigenvalue weighted by atomic mass is 79.9. The van der Waals surface area contributed by atoms with Crippen LogP contribution < -0.4 is 4.72 Å². The number of hydrogen-bond donors (Lipinski definition) is 2. The van der Waals surface area contributed by atoms with Crippen LogP contribution in [0.4, 0.5) is 5.69 Å². The molecule has 0 fully saturated rings.